The number of benzene rings is 1. The molecule has 0 aliphatic carbocycles. The number of aromatic nitrogens is 3. The number of ether oxygens (including phenoxy) is 1. The van der Waals surface area contributed by atoms with Crippen LogP contribution in [0.4, 0.5) is 17.8 Å². The van der Waals surface area contributed by atoms with E-state index in [0.717, 1.165) is 37.7 Å². The van der Waals surface area contributed by atoms with Crippen LogP contribution in [0.1, 0.15) is 18.4 Å². The molecule has 27 heavy (non-hydrogen) atoms. The fraction of sp³-hybridized carbons (Fsp3) is 0.444. The van der Waals surface area contributed by atoms with Crippen LogP contribution >= 0.6 is 22.6 Å². The molecule has 8 nitrogen and oxygen atoms in total. The summed E-state index contributed by atoms with van der Waals surface area (Å²) in [6.07, 6.45) is 4.11. The summed E-state index contributed by atoms with van der Waals surface area (Å²) in [5.41, 5.74) is 3.99. The average Bonchev–Trinajstić information content (AvgIpc) is 3.25. The van der Waals surface area contributed by atoms with E-state index in [2.05, 4.69) is 52.9 Å². The Labute approximate surface area is 172 Å². The third-order valence-corrected chi connectivity index (χ3v) is 5.26. The molecule has 0 atom stereocenters. The SMILES string of the molecule is Ic1ccc(C=NNc2nc(N3CCCC3)nc(N3CCOCC3)n2)cc1. The summed E-state index contributed by atoms with van der Waals surface area (Å²) in [4.78, 5) is 18.2. The lowest BCUT2D eigenvalue weighted by Crippen LogP contribution is -2.38. The van der Waals surface area contributed by atoms with Crippen LogP contribution in [0.2, 0.25) is 0 Å². The zero-order valence-electron chi connectivity index (χ0n) is 15.0. The Balaban J connectivity index is 1.54. The Morgan fingerprint density at radius 3 is 2.22 bits per heavy atom. The van der Waals surface area contributed by atoms with E-state index < -0.39 is 0 Å². The van der Waals surface area contributed by atoms with Crippen molar-refractivity contribution in [2.75, 3.05) is 54.6 Å². The van der Waals surface area contributed by atoms with Crippen LogP contribution in [0.15, 0.2) is 29.4 Å². The number of nitrogens with zero attached hydrogens (tertiary/aromatic N) is 6. The Morgan fingerprint density at radius 1 is 0.926 bits per heavy atom. The number of hydrogen-bond donors (Lipinski definition) is 1. The van der Waals surface area contributed by atoms with E-state index in [1.807, 2.05) is 24.3 Å². The molecule has 2 aliphatic heterocycles. The van der Waals surface area contributed by atoms with Crippen LogP contribution in [0.5, 0.6) is 0 Å². The lowest BCUT2D eigenvalue weighted by molar-refractivity contribution is 0.122. The molecule has 0 unspecified atom stereocenters. The van der Waals surface area contributed by atoms with Gasteiger partial charge in [-0.3, -0.25) is 0 Å². The molecule has 0 saturated carbocycles. The van der Waals surface area contributed by atoms with Crippen molar-refractivity contribution < 1.29 is 4.74 Å². The molecule has 4 rings (SSSR count). The molecule has 9 heteroatoms. The first-order chi connectivity index (χ1) is 13.3. The monoisotopic (exact) mass is 479 g/mol. The summed E-state index contributed by atoms with van der Waals surface area (Å²) < 4.78 is 6.64. The average molecular weight is 479 g/mol. The summed E-state index contributed by atoms with van der Waals surface area (Å²) >= 11 is 2.28. The molecular weight excluding hydrogens is 457 g/mol. The number of hydrogen-bond acceptors (Lipinski definition) is 8. The van der Waals surface area contributed by atoms with E-state index in [1.54, 1.807) is 6.21 Å². The summed E-state index contributed by atoms with van der Waals surface area (Å²) in [6, 6.07) is 8.14. The first-order valence-corrected chi connectivity index (χ1v) is 10.2. The zero-order chi connectivity index (χ0) is 18.5. The first-order valence-electron chi connectivity index (χ1n) is 9.16. The van der Waals surface area contributed by atoms with Gasteiger partial charge in [0.25, 0.3) is 0 Å². The van der Waals surface area contributed by atoms with Gasteiger partial charge in [-0.2, -0.15) is 20.1 Å². The fourth-order valence-electron chi connectivity index (χ4n) is 3.08. The van der Waals surface area contributed by atoms with E-state index in [0.29, 0.717) is 25.1 Å². The molecule has 142 valence electrons. The maximum Gasteiger partial charge on any atom is 0.250 e. The normalized spacial score (nSPS) is 17.7. The molecule has 2 aliphatic rings. The van der Waals surface area contributed by atoms with Gasteiger partial charge < -0.3 is 14.5 Å². The van der Waals surface area contributed by atoms with Gasteiger partial charge in [0.2, 0.25) is 17.8 Å². The molecule has 0 spiro atoms. The molecule has 1 N–H and O–H groups in total. The van der Waals surface area contributed by atoms with Crippen LogP contribution in [0.3, 0.4) is 0 Å². The second kappa shape index (κ2) is 8.79. The van der Waals surface area contributed by atoms with Crippen molar-refractivity contribution in [2.45, 2.75) is 12.8 Å². The minimum Gasteiger partial charge on any atom is -0.378 e. The minimum absolute atomic E-state index is 0.468. The van der Waals surface area contributed by atoms with Crippen LogP contribution in [0, 0.1) is 3.57 Å². The molecule has 0 radical (unpaired) electrons. The summed E-state index contributed by atoms with van der Waals surface area (Å²) in [7, 11) is 0. The second-order valence-corrected chi connectivity index (χ2v) is 7.72. The highest BCUT2D eigenvalue weighted by molar-refractivity contribution is 14.1. The van der Waals surface area contributed by atoms with Gasteiger partial charge in [-0.1, -0.05) is 12.1 Å². The highest BCUT2D eigenvalue weighted by atomic mass is 127. The third kappa shape index (κ3) is 4.83. The van der Waals surface area contributed by atoms with E-state index >= 15 is 0 Å². The number of nitrogens with one attached hydrogen (secondary N) is 1. The summed E-state index contributed by atoms with van der Waals surface area (Å²) in [5.74, 6) is 1.87. The van der Waals surface area contributed by atoms with Crippen LogP contribution < -0.4 is 15.2 Å². The summed E-state index contributed by atoms with van der Waals surface area (Å²) in [6.45, 7) is 4.93. The molecule has 3 heterocycles. The molecule has 0 bridgehead atoms. The maximum absolute atomic E-state index is 5.44. The number of rotatable bonds is 5. The van der Waals surface area contributed by atoms with Gasteiger partial charge >= 0.3 is 0 Å². The van der Waals surface area contributed by atoms with E-state index in [1.165, 1.54) is 16.4 Å². The first kappa shape index (κ1) is 18.4. The lowest BCUT2D eigenvalue weighted by Gasteiger charge is -2.27. The van der Waals surface area contributed by atoms with Gasteiger partial charge in [-0.05, 0) is 53.1 Å². The predicted octanol–water partition coefficient (Wildman–Crippen LogP) is 2.36. The van der Waals surface area contributed by atoms with Crippen LogP contribution in [0.25, 0.3) is 0 Å². The molecule has 0 amide bonds. The van der Waals surface area contributed by atoms with Crippen molar-refractivity contribution in [3.8, 4) is 0 Å². The molecule has 2 fully saturated rings. The summed E-state index contributed by atoms with van der Waals surface area (Å²) in [5, 5.41) is 4.30. The van der Waals surface area contributed by atoms with Crippen molar-refractivity contribution in [2.24, 2.45) is 5.10 Å². The third-order valence-electron chi connectivity index (χ3n) is 4.54. The predicted molar refractivity (Wildman–Crippen MR) is 115 cm³/mol. The highest BCUT2D eigenvalue weighted by Gasteiger charge is 2.21. The molecule has 1 aromatic heterocycles. The number of morpholine rings is 1. The van der Waals surface area contributed by atoms with Gasteiger partial charge in [0.05, 0.1) is 19.4 Å². The fourth-order valence-corrected chi connectivity index (χ4v) is 3.44. The van der Waals surface area contributed by atoms with Gasteiger partial charge in [-0.25, -0.2) is 5.43 Å². The van der Waals surface area contributed by atoms with Crippen molar-refractivity contribution in [1.82, 2.24) is 15.0 Å². The highest BCUT2D eigenvalue weighted by Crippen LogP contribution is 2.21. The Morgan fingerprint density at radius 2 is 1.56 bits per heavy atom. The molecule has 1 aromatic carbocycles. The van der Waals surface area contributed by atoms with Crippen LogP contribution in [-0.4, -0.2) is 60.6 Å². The molecule has 2 saturated heterocycles. The Kier molecular flexibility index (Phi) is 5.97. The Hall–Kier alpha value is -2.01. The van der Waals surface area contributed by atoms with Gasteiger partial charge in [0, 0.05) is 29.7 Å². The molecule has 2 aromatic rings. The van der Waals surface area contributed by atoms with Crippen LogP contribution in [-0.2, 0) is 4.74 Å². The van der Waals surface area contributed by atoms with Crippen molar-refractivity contribution in [1.29, 1.82) is 0 Å². The van der Waals surface area contributed by atoms with E-state index in [-0.39, 0.29) is 0 Å². The van der Waals surface area contributed by atoms with Gasteiger partial charge in [0.1, 0.15) is 0 Å². The largest absolute Gasteiger partial charge is 0.378 e. The minimum atomic E-state index is 0.468. The van der Waals surface area contributed by atoms with Crippen molar-refractivity contribution in [3.63, 3.8) is 0 Å². The van der Waals surface area contributed by atoms with Gasteiger partial charge in [-0.15, -0.1) is 0 Å². The van der Waals surface area contributed by atoms with Crippen molar-refractivity contribution in [3.05, 3.63) is 33.4 Å². The number of anilines is 3. The van der Waals surface area contributed by atoms with Gasteiger partial charge in [0.15, 0.2) is 0 Å². The maximum atomic E-state index is 5.44. The van der Waals surface area contributed by atoms with E-state index in [4.69, 9.17) is 9.72 Å². The van der Waals surface area contributed by atoms with E-state index in [9.17, 15) is 0 Å². The topological polar surface area (TPSA) is 78.8 Å². The standard InChI is InChI=1S/C18H22IN7O/c19-15-5-3-14(4-6-15)13-20-24-16-21-17(25-7-1-2-8-25)23-18(22-16)26-9-11-27-12-10-26/h3-6,13H,1-2,7-12H2,(H,21,22,23,24). The van der Waals surface area contributed by atoms with Crippen molar-refractivity contribution >= 4 is 46.7 Å². The number of halogens is 1. The Bertz CT molecular complexity index is 787. The quantitative estimate of drug-likeness (QED) is 0.401. The second-order valence-electron chi connectivity index (χ2n) is 6.47. The smallest absolute Gasteiger partial charge is 0.250 e. The zero-order valence-corrected chi connectivity index (χ0v) is 17.2. The lowest BCUT2D eigenvalue weighted by atomic mass is 10.2. The number of hydrazone groups is 1. The molecular formula is C18H22IN7O.